The van der Waals surface area contributed by atoms with Gasteiger partial charge in [0.1, 0.15) is 11.5 Å². The molecule has 0 unspecified atom stereocenters. The molecule has 2 aliphatic heterocycles. The van der Waals surface area contributed by atoms with Crippen LogP contribution in [0.4, 0.5) is 10.1 Å². The molecule has 2 aromatic heterocycles. The van der Waals surface area contributed by atoms with E-state index in [9.17, 15) is 22.4 Å². The second kappa shape index (κ2) is 8.42. The van der Waals surface area contributed by atoms with Crippen LogP contribution in [-0.4, -0.2) is 36.9 Å². The molecular weight excluding hydrogens is 465 g/mol. The number of piperidine rings is 1. The minimum atomic E-state index is -4.10. The fourth-order valence-corrected chi connectivity index (χ4v) is 6.52. The number of anilines is 1. The van der Waals surface area contributed by atoms with E-state index in [-0.39, 0.29) is 28.3 Å². The third-order valence-corrected chi connectivity index (χ3v) is 8.45. The number of hydrogen-bond acceptors (Lipinski definition) is 5. The summed E-state index contributed by atoms with van der Waals surface area (Å²) in [5, 5.41) is 1.95. The van der Waals surface area contributed by atoms with Gasteiger partial charge in [0.2, 0.25) is 5.91 Å². The van der Waals surface area contributed by atoms with Gasteiger partial charge in [0.05, 0.1) is 11.3 Å². The van der Waals surface area contributed by atoms with Gasteiger partial charge in [-0.25, -0.2) is 12.8 Å². The van der Waals surface area contributed by atoms with E-state index in [1.165, 1.54) is 18.2 Å². The Morgan fingerprint density at radius 2 is 1.97 bits per heavy atom. The van der Waals surface area contributed by atoms with Crippen LogP contribution in [0.2, 0.25) is 0 Å². The second-order valence-corrected chi connectivity index (χ2v) is 11.2. The van der Waals surface area contributed by atoms with Gasteiger partial charge in [0.15, 0.2) is 0 Å². The fraction of sp³-hybridized carbons (Fsp3) is 0.304. The van der Waals surface area contributed by atoms with Crippen molar-refractivity contribution in [2.75, 3.05) is 17.8 Å². The Balaban J connectivity index is 1.38. The van der Waals surface area contributed by atoms with E-state index in [4.69, 9.17) is 0 Å². The van der Waals surface area contributed by atoms with Crippen LogP contribution in [0, 0.1) is 11.7 Å². The van der Waals surface area contributed by atoms with Crippen molar-refractivity contribution >= 4 is 33.0 Å². The SMILES string of the molecule is O=C(Cc1cccs1)N1C[C@H]2C[C@H](C1)c1ccc(NS(=O)(=O)c3cccc(F)c3)c(=O)n1C2. The minimum absolute atomic E-state index is 0.0198. The highest BCUT2D eigenvalue weighted by Crippen LogP contribution is 2.36. The second-order valence-electron chi connectivity index (χ2n) is 8.50. The number of pyridine rings is 1. The number of carbonyl (C=O) groups is 1. The molecule has 2 aliphatic rings. The maximum absolute atomic E-state index is 13.5. The molecule has 4 heterocycles. The largest absolute Gasteiger partial charge is 0.341 e. The first kappa shape index (κ1) is 21.8. The summed E-state index contributed by atoms with van der Waals surface area (Å²) in [6.07, 6.45) is 1.27. The lowest BCUT2D eigenvalue weighted by Crippen LogP contribution is -2.49. The third kappa shape index (κ3) is 4.32. The molecule has 1 fully saturated rings. The maximum atomic E-state index is 13.5. The van der Waals surface area contributed by atoms with E-state index in [0.717, 1.165) is 29.1 Å². The lowest BCUT2D eigenvalue weighted by molar-refractivity contribution is -0.133. The van der Waals surface area contributed by atoms with Gasteiger partial charge in [0.25, 0.3) is 15.6 Å². The Morgan fingerprint density at radius 3 is 2.73 bits per heavy atom. The van der Waals surface area contributed by atoms with E-state index in [1.807, 2.05) is 22.4 Å². The smallest absolute Gasteiger partial charge is 0.275 e. The van der Waals surface area contributed by atoms with E-state index >= 15 is 0 Å². The van der Waals surface area contributed by atoms with Gasteiger partial charge < -0.3 is 9.47 Å². The molecule has 0 spiro atoms. The first-order valence-corrected chi connectivity index (χ1v) is 13.0. The van der Waals surface area contributed by atoms with E-state index in [1.54, 1.807) is 22.0 Å². The highest BCUT2D eigenvalue weighted by molar-refractivity contribution is 7.92. The zero-order valence-corrected chi connectivity index (χ0v) is 19.2. The van der Waals surface area contributed by atoms with E-state index < -0.39 is 21.4 Å². The number of sulfonamides is 1. The summed E-state index contributed by atoms with van der Waals surface area (Å²) < 4.78 is 42.7. The molecule has 1 saturated heterocycles. The Labute approximate surface area is 194 Å². The highest BCUT2D eigenvalue weighted by Gasteiger charge is 2.36. The highest BCUT2D eigenvalue weighted by atomic mass is 32.2. The lowest BCUT2D eigenvalue weighted by atomic mass is 9.83. The van der Waals surface area contributed by atoms with Gasteiger partial charge in [0, 0.05) is 36.1 Å². The zero-order chi connectivity index (χ0) is 23.2. The Bertz CT molecular complexity index is 1370. The van der Waals surface area contributed by atoms with Crippen LogP contribution in [0.25, 0.3) is 0 Å². The van der Waals surface area contributed by atoms with Crippen LogP contribution in [0.1, 0.15) is 22.9 Å². The molecule has 7 nitrogen and oxygen atoms in total. The van der Waals surface area contributed by atoms with Crippen molar-refractivity contribution in [1.82, 2.24) is 9.47 Å². The Kier molecular flexibility index (Phi) is 5.57. The molecule has 1 aromatic carbocycles. The average Bonchev–Trinajstić information content (AvgIpc) is 3.29. The molecule has 0 saturated carbocycles. The molecule has 0 aliphatic carbocycles. The molecule has 1 amide bonds. The first-order chi connectivity index (χ1) is 15.8. The maximum Gasteiger partial charge on any atom is 0.275 e. The molecular formula is C23H22FN3O4S2. The zero-order valence-electron chi connectivity index (χ0n) is 17.6. The minimum Gasteiger partial charge on any atom is -0.341 e. The van der Waals surface area contributed by atoms with Crippen LogP contribution in [-0.2, 0) is 27.8 Å². The van der Waals surface area contributed by atoms with Gasteiger partial charge in [-0.2, -0.15) is 0 Å². The van der Waals surface area contributed by atoms with Crippen molar-refractivity contribution in [2.45, 2.75) is 30.2 Å². The van der Waals surface area contributed by atoms with Crippen molar-refractivity contribution in [1.29, 1.82) is 0 Å². The number of nitrogens with one attached hydrogen (secondary N) is 1. The Hall–Kier alpha value is -2.98. The Morgan fingerprint density at radius 1 is 1.12 bits per heavy atom. The van der Waals surface area contributed by atoms with Crippen molar-refractivity contribution < 1.29 is 17.6 Å². The molecule has 10 heteroatoms. The number of hydrogen-bond donors (Lipinski definition) is 1. The number of carbonyl (C=O) groups excluding carboxylic acids is 1. The number of nitrogens with zero attached hydrogens (tertiary/aromatic N) is 2. The van der Waals surface area contributed by atoms with Gasteiger partial charge >= 0.3 is 0 Å². The number of halogens is 1. The standard InChI is InChI=1S/C23H22FN3O4S2/c24-17-3-1-5-19(10-17)33(30,31)25-20-6-7-21-16-9-15(13-27(21)23(20)29)12-26(14-16)22(28)11-18-4-2-8-32-18/h1-8,10,15-16,25H,9,11-14H2/t15-,16-/m1/s1. The number of thiophene rings is 1. The van der Waals surface area contributed by atoms with E-state index in [2.05, 4.69) is 4.72 Å². The molecule has 0 radical (unpaired) electrons. The quantitative estimate of drug-likeness (QED) is 0.599. The topological polar surface area (TPSA) is 88.5 Å². The summed E-state index contributed by atoms with van der Waals surface area (Å²) in [4.78, 5) is 28.6. The van der Waals surface area contributed by atoms with Gasteiger partial charge in [-0.3, -0.25) is 14.3 Å². The van der Waals surface area contributed by atoms with Crippen LogP contribution in [0.3, 0.4) is 0 Å². The third-order valence-electron chi connectivity index (χ3n) is 6.21. The van der Waals surface area contributed by atoms with Crippen LogP contribution in [0.5, 0.6) is 0 Å². The summed E-state index contributed by atoms with van der Waals surface area (Å²) >= 11 is 1.56. The van der Waals surface area contributed by atoms with Gasteiger partial charge in [-0.1, -0.05) is 12.1 Å². The first-order valence-electron chi connectivity index (χ1n) is 10.6. The molecule has 33 heavy (non-hydrogen) atoms. The predicted molar refractivity (Wildman–Crippen MR) is 123 cm³/mol. The summed E-state index contributed by atoms with van der Waals surface area (Å²) in [5.74, 6) is -0.448. The van der Waals surface area contributed by atoms with Crippen molar-refractivity contribution in [3.63, 3.8) is 0 Å². The number of fused-ring (bicyclic) bond motifs is 4. The monoisotopic (exact) mass is 487 g/mol. The normalized spacial score (nSPS) is 19.7. The number of rotatable bonds is 5. The average molecular weight is 488 g/mol. The number of aromatic nitrogens is 1. The number of likely N-dealkylation sites (tertiary alicyclic amines) is 1. The van der Waals surface area contributed by atoms with Crippen molar-refractivity contribution in [3.05, 3.63) is 80.7 Å². The van der Waals surface area contributed by atoms with Crippen LogP contribution < -0.4 is 10.3 Å². The number of benzene rings is 1. The molecule has 2 atom stereocenters. The van der Waals surface area contributed by atoms with Crippen LogP contribution >= 0.6 is 11.3 Å². The van der Waals surface area contributed by atoms with E-state index in [0.29, 0.717) is 26.1 Å². The van der Waals surface area contributed by atoms with Gasteiger partial charge in [-0.05, 0) is 54.1 Å². The fourth-order valence-electron chi connectivity index (χ4n) is 4.74. The summed E-state index contributed by atoms with van der Waals surface area (Å²) in [6, 6.07) is 11.7. The van der Waals surface area contributed by atoms with Gasteiger partial charge in [-0.15, -0.1) is 11.3 Å². The molecule has 172 valence electrons. The summed E-state index contributed by atoms with van der Waals surface area (Å²) in [7, 11) is -4.10. The molecule has 3 aromatic rings. The van der Waals surface area contributed by atoms with Crippen LogP contribution in [0.15, 0.2) is 63.6 Å². The predicted octanol–water partition coefficient (Wildman–Crippen LogP) is 3.04. The number of amides is 1. The van der Waals surface area contributed by atoms with Crippen molar-refractivity contribution in [3.8, 4) is 0 Å². The summed E-state index contributed by atoms with van der Waals surface area (Å²) in [6.45, 7) is 1.53. The molecule has 1 N–H and O–H groups in total. The molecule has 5 rings (SSSR count). The van der Waals surface area contributed by atoms with Crippen molar-refractivity contribution in [2.24, 2.45) is 5.92 Å². The lowest BCUT2D eigenvalue weighted by Gasteiger charge is -2.43. The summed E-state index contributed by atoms with van der Waals surface area (Å²) in [5.41, 5.74) is 0.299. The molecule has 2 bridgehead atoms.